The van der Waals surface area contributed by atoms with Gasteiger partial charge in [-0.05, 0) is 12.0 Å². The van der Waals surface area contributed by atoms with Crippen LogP contribution in [0.15, 0.2) is 42.7 Å². The van der Waals surface area contributed by atoms with E-state index in [0.29, 0.717) is 18.7 Å². The molecule has 0 saturated carbocycles. The number of aromatic amines is 1. The molecule has 1 aliphatic heterocycles. The molecule has 23 heavy (non-hydrogen) atoms. The van der Waals surface area contributed by atoms with Gasteiger partial charge in [-0.25, -0.2) is 4.79 Å². The summed E-state index contributed by atoms with van der Waals surface area (Å²) in [7, 11) is 0. The highest BCUT2D eigenvalue weighted by Gasteiger charge is 2.25. The summed E-state index contributed by atoms with van der Waals surface area (Å²) in [5.41, 5.74) is 1.56. The number of benzene rings is 1. The molecule has 120 valence electrons. The number of rotatable bonds is 5. The molecule has 2 heterocycles. The summed E-state index contributed by atoms with van der Waals surface area (Å²) in [5.74, 6) is 0.142. The molecule has 2 aromatic rings. The third-order valence-electron chi connectivity index (χ3n) is 3.84. The van der Waals surface area contributed by atoms with E-state index in [1.807, 2.05) is 30.3 Å². The number of likely N-dealkylation sites (tertiary alicyclic amines) is 1. The highest BCUT2D eigenvalue weighted by molar-refractivity contribution is 5.89. The molecule has 7 heteroatoms. The average molecular weight is 313 g/mol. The van der Waals surface area contributed by atoms with E-state index >= 15 is 0 Å². The first kappa shape index (κ1) is 15.1. The normalized spacial score (nSPS) is 15.5. The summed E-state index contributed by atoms with van der Waals surface area (Å²) in [6.07, 6.45) is 4.59. The fourth-order valence-corrected chi connectivity index (χ4v) is 2.68. The highest BCUT2D eigenvalue weighted by atomic mass is 16.2. The summed E-state index contributed by atoms with van der Waals surface area (Å²) in [5, 5.41) is 12.1. The standard InChI is InChI=1S/C16H19N5O2/c22-15-7-4-8-21(15)11-14(12-5-2-1-3-6-12)20-16(23)19-13-9-17-18-10-13/h1-3,5-6,9-10,14H,4,7-8,11H2,(H,17,18)(H2,19,20,23). The van der Waals surface area contributed by atoms with Gasteiger partial charge >= 0.3 is 6.03 Å². The van der Waals surface area contributed by atoms with Crippen molar-refractivity contribution < 1.29 is 9.59 Å². The first-order valence-electron chi connectivity index (χ1n) is 7.61. The third kappa shape index (κ3) is 3.88. The second-order valence-corrected chi connectivity index (χ2v) is 5.49. The van der Waals surface area contributed by atoms with Crippen LogP contribution in [0, 0.1) is 0 Å². The number of nitrogens with one attached hydrogen (secondary N) is 3. The Kier molecular flexibility index (Phi) is 4.56. The van der Waals surface area contributed by atoms with Crippen LogP contribution in [-0.4, -0.2) is 40.1 Å². The molecular weight excluding hydrogens is 294 g/mol. The second-order valence-electron chi connectivity index (χ2n) is 5.49. The van der Waals surface area contributed by atoms with Gasteiger partial charge in [-0.2, -0.15) is 5.10 Å². The van der Waals surface area contributed by atoms with Crippen molar-refractivity contribution >= 4 is 17.6 Å². The molecular formula is C16H19N5O2. The van der Waals surface area contributed by atoms with Crippen LogP contribution in [0.4, 0.5) is 10.5 Å². The van der Waals surface area contributed by atoms with Crippen molar-refractivity contribution in [3.63, 3.8) is 0 Å². The Hall–Kier alpha value is -2.83. The maximum atomic E-state index is 12.2. The molecule has 1 aliphatic rings. The zero-order valence-corrected chi connectivity index (χ0v) is 12.7. The SMILES string of the molecule is O=C(Nc1cn[nH]c1)NC(CN1CCCC1=O)c1ccccc1. The predicted molar refractivity (Wildman–Crippen MR) is 85.7 cm³/mol. The number of amides is 3. The van der Waals surface area contributed by atoms with Gasteiger partial charge in [0.25, 0.3) is 0 Å². The topological polar surface area (TPSA) is 90.1 Å². The second kappa shape index (κ2) is 6.95. The van der Waals surface area contributed by atoms with Gasteiger partial charge in [-0.1, -0.05) is 30.3 Å². The summed E-state index contributed by atoms with van der Waals surface area (Å²) in [4.78, 5) is 25.9. The third-order valence-corrected chi connectivity index (χ3v) is 3.84. The van der Waals surface area contributed by atoms with Crippen LogP contribution in [0.1, 0.15) is 24.4 Å². The smallest absolute Gasteiger partial charge is 0.319 e. The van der Waals surface area contributed by atoms with Crippen molar-refractivity contribution in [1.29, 1.82) is 0 Å². The van der Waals surface area contributed by atoms with Crippen molar-refractivity contribution in [1.82, 2.24) is 20.4 Å². The summed E-state index contributed by atoms with van der Waals surface area (Å²) < 4.78 is 0. The van der Waals surface area contributed by atoms with E-state index in [1.54, 1.807) is 11.1 Å². The van der Waals surface area contributed by atoms with E-state index in [2.05, 4.69) is 20.8 Å². The minimum Gasteiger partial charge on any atom is -0.340 e. The van der Waals surface area contributed by atoms with E-state index in [0.717, 1.165) is 18.5 Å². The Morgan fingerprint density at radius 3 is 2.83 bits per heavy atom. The first-order valence-corrected chi connectivity index (χ1v) is 7.61. The zero-order chi connectivity index (χ0) is 16.1. The van der Waals surface area contributed by atoms with Gasteiger partial charge < -0.3 is 15.5 Å². The highest BCUT2D eigenvalue weighted by Crippen LogP contribution is 2.18. The Morgan fingerprint density at radius 2 is 2.17 bits per heavy atom. The molecule has 0 spiro atoms. The van der Waals surface area contributed by atoms with E-state index in [4.69, 9.17) is 0 Å². The minimum absolute atomic E-state index is 0.142. The van der Waals surface area contributed by atoms with Gasteiger partial charge in [-0.15, -0.1) is 0 Å². The maximum Gasteiger partial charge on any atom is 0.319 e. The number of anilines is 1. The lowest BCUT2D eigenvalue weighted by Gasteiger charge is -2.25. The van der Waals surface area contributed by atoms with Crippen molar-refractivity contribution in [3.8, 4) is 0 Å². The summed E-state index contributed by atoms with van der Waals surface area (Å²) >= 11 is 0. The monoisotopic (exact) mass is 313 g/mol. The van der Waals surface area contributed by atoms with Crippen molar-refractivity contribution in [2.24, 2.45) is 0 Å². The van der Waals surface area contributed by atoms with E-state index < -0.39 is 0 Å². The number of H-pyrrole nitrogens is 1. The fraction of sp³-hybridized carbons (Fsp3) is 0.312. The summed E-state index contributed by atoms with van der Waals surface area (Å²) in [6, 6.07) is 9.07. The molecule has 1 aromatic heterocycles. The maximum absolute atomic E-state index is 12.2. The molecule has 0 aliphatic carbocycles. The van der Waals surface area contributed by atoms with Crippen LogP contribution in [0.3, 0.4) is 0 Å². The van der Waals surface area contributed by atoms with Crippen molar-refractivity contribution in [3.05, 3.63) is 48.3 Å². The molecule has 7 nitrogen and oxygen atoms in total. The van der Waals surface area contributed by atoms with Crippen molar-refractivity contribution in [2.75, 3.05) is 18.4 Å². The number of nitrogens with zero attached hydrogens (tertiary/aromatic N) is 2. The molecule has 3 N–H and O–H groups in total. The van der Waals surface area contributed by atoms with E-state index in [-0.39, 0.29) is 18.0 Å². The van der Waals surface area contributed by atoms with Crippen LogP contribution in [0.25, 0.3) is 0 Å². The average Bonchev–Trinajstić information content (AvgIpc) is 3.20. The number of carbonyl (C=O) groups is 2. The van der Waals surface area contributed by atoms with Gasteiger partial charge in [-0.3, -0.25) is 9.89 Å². The van der Waals surface area contributed by atoms with Crippen molar-refractivity contribution in [2.45, 2.75) is 18.9 Å². The molecule has 1 fully saturated rings. The molecule has 1 atom stereocenters. The first-order chi connectivity index (χ1) is 11.2. The van der Waals surface area contributed by atoms with Crippen LogP contribution in [0.5, 0.6) is 0 Å². The number of aromatic nitrogens is 2. The Morgan fingerprint density at radius 1 is 1.35 bits per heavy atom. The molecule has 1 aromatic carbocycles. The quantitative estimate of drug-likeness (QED) is 0.787. The number of hydrogen-bond acceptors (Lipinski definition) is 3. The predicted octanol–water partition coefficient (Wildman–Crippen LogP) is 1.89. The molecule has 0 bridgehead atoms. The van der Waals surface area contributed by atoms with Gasteiger partial charge in [0, 0.05) is 25.7 Å². The van der Waals surface area contributed by atoms with Crippen LogP contribution >= 0.6 is 0 Å². The lowest BCUT2D eigenvalue weighted by Crippen LogP contribution is -2.40. The number of carbonyl (C=O) groups excluding carboxylic acids is 2. The van der Waals surface area contributed by atoms with Gasteiger partial charge in [0.1, 0.15) is 0 Å². The van der Waals surface area contributed by atoms with E-state index in [9.17, 15) is 9.59 Å². The Labute approximate surface area is 134 Å². The fourth-order valence-electron chi connectivity index (χ4n) is 2.68. The molecule has 0 radical (unpaired) electrons. The van der Waals surface area contributed by atoms with Crippen LogP contribution in [0.2, 0.25) is 0 Å². The van der Waals surface area contributed by atoms with Gasteiger partial charge in [0.2, 0.25) is 5.91 Å². The lowest BCUT2D eigenvalue weighted by atomic mass is 10.1. The summed E-state index contributed by atoms with van der Waals surface area (Å²) in [6.45, 7) is 1.22. The Bertz CT molecular complexity index is 656. The zero-order valence-electron chi connectivity index (χ0n) is 12.7. The number of urea groups is 1. The minimum atomic E-state index is -0.327. The molecule has 1 saturated heterocycles. The molecule has 3 rings (SSSR count). The largest absolute Gasteiger partial charge is 0.340 e. The lowest BCUT2D eigenvalue weighted by molar-refractivity contribution is -0.128. The van der Waals surface area contributed by atoms with Crippen LogP contribution in [-0.2, 0) is 4.79 Å². The molecule has 1 unspecified atom stereocenters. The van der Waals surface area contributed by atoms with Gasteiger partial charge in [0.15, 0.2) is 0 Å². The van der Waals surface area contributed by atoms with Crippen LogP contribution < -0.4 is 10.6 Å². The van der Waals surface area contributed by atoms with Gasteiger partial charge in [0.05, 0.1) is 17.9 Å². The van der Waals surface area contributed by atoms with E-state index in [1.165, 1.54) is 6.20 Å². The Balaban J connectivity index is 1.69. The number of hydrogen-bond donors (Lipinski definition) is 3. The molecule has 3 amide bonds.